The van der Waals surface area contributed by atoms with Gasteiger partial charge in [-0.3, -0.25) is 0 Å². The van der Waals surface area contributed by atoms with E-state index in [2.05, 4.69) is 13.8 Å². The van der Waals surface area contributed by atoms with E-state index in [1.54, 1.807) is 13.8 Å². The predicted octanol–water partition coefficient (Wildman–Crippen LogP) is 2.97. The Balaban J connectivity index is -0.000000114. The standard InChI is InChI=1S/C6H14.C3H8O.Nd/c1-3-5-6-4-2;1-3(2)4;/h3-6H2,1-2H3;3-4H,1-2H3;. The molecule has 0 heterocycles. The summed E-state index contributed by atoms with van der Waals surface area (Å²) in [6, 6.07) is 0. The van der Waals surface area contributed by atoms with Gasteiger partial charge in [-0.1, -0.05) is 39.5 Å². The van der Waals surface area contributed by atoms with Gasteiger partial charge in [0.1, 0.15) is 0 Å². The van der Waals surface area contributed by atoms with E-state index in [1.807, 2.05) is 0 Å². The molecule has 0 aromatic carbocycles. The van der Waals surface area contributed by atoms with Crippen LogP contribution >= 0.6 is 0 Å². The molecule has 0 atom stereocenters. The molecule has 68 valence electrons. The van der Waals surface area contributed by atoms with Gasteiger partial charge in [-0.25, -0.2) is 0 Å². The molecule has 0 aromatic heterocycles. The van der Waals surface area contributed by atoms with Crippen molar-refractivity contribution < 1.29 is 45.9 Å². The van der Waals surface area contributed by atoms with Gasteiger partial charge in [-0.05, 0) is 13.8 Å². The van der Waals surface area contributed by atoms with Crippen LogP contribution in [0.3, 0.4) is 0 Å². The van der Waals surface area contributed by atoms with E-state index in [1.165, 1.54) is 25.7 Å². The summed E-state index contributed by atoms with van der Waals surface area (Å²) in [5.41, 5.74) is 0. The second kappa shape index (κ2) is 17.4. The van der Waals surface area contributed by atoms with E-state index in [4.69, 9.17) is 5.11 Å². The van der Waals surface area contributed by atoms with E-state index in [0.717, 1.165) is 0 Å². The van der Waals surface area contributed by atoms with Crippen molar-refractivity contribution >= 4 is 0 Å². The minimum absolute atomic E-state index is 0. The molecule has 0 bridgehead atoms. The fourth-order valence-electron chi connectivity index (χ4n) is 0.500. The van der Waals surface area contributed by atoms with Gasteiger partial charge in [0.2, 0.25) is 0 Å². The Labute approximate surface area is 104 Å². The van der Waals surface area contributed by atoms with Crippen molar-refractivity contribution in [1.29, 1.82) is 0 Å². The maximum absolute atomic E-state index is 8.06. The minimum Gasteiger partial charge on any atom is -0.394 e. The molecule has 0 radical (unpaired) electrons. The van der Waals surface area contributed by atoms with Gasteiger partial charge in [0.05, 0.1) is 0 Å². The second-order valence-corrected chi connectivity index (χ2v) is 2.80. The van der Waals surface area contributed by atoms with Crippen LogP contribution in [-0.4, -0.2) is 11.2 Å². The van der Waals surface area contributed by atoms with Crippen LogP contribution in [0.4, 0.5) is 0 Å². The maximum atomic E-state index is 8.06. The van der Waals surface area contributed by atoms with Crippen LogP contribution in [0.15, 0.2) is 0 Å². The number of aliphatic hydroxyl groups is 1. The van der Waals surface area contributed by atoms with Crippen LogP contribution in [0, 0.1) is 40.8 Å². The van der Waals surface area contributed by atoms with Gasteiger partial charge in [0.25, 0.3) is 0 Å². The van der Waals surface area contributed by atoms with Gasteiger partial charge >= 0.3 is 0 Å². The Morgan fingerprint density at radius 1 is 1.00 bits per heavy atom. The zero-order valence-corrected chi connectivity index (χ0v) is 11.6. The van der Waals surface area contributed by atoms with Gasteiger partial charge < -0.3 is 5.11 Å². The van der Waals surface area contributed by atoms with E-state index in [-0.39, 0.29) is 46.9 Å². The molecule has 1 N–H and O–H groups in total. The molecule has 0 saturated carbocycles. The molecule has 0 aliphatic carbocycles. The average molecular weight is 291 g/mol. The van der Waals surface area contributed by atoms with E-state index in [9.17, 15) is 0 Å². The first-order chi connectivity index (χ1) is 4.65. The summed E-state index contributed by atoms with van der Waals surface area (Å²) >= 11 is 0. The molecular weight excluding hydrogens is 268 g/mol. The molecule has 1 nitrogen and oxygen atoms in total. The van der Waals surface area contributed by atoms with Crippen molar-refractivity contribution in [2.24, 2.45) is 0 Å². The molecule has 2 heteroatoms. The van der Waals surface area contributed by atoms with Crippen molar-refractivity contribution in [3.05, 3.63) is 0 Å². The summed E-state index contributed by atoms with van der Waals surface area (Å²) in [5, 5.41) is 8.06. The summed E-state index contributed by atoms with van der Waals surface area (Å²) in [6.45, 7) is 7.91. The largest absolute Gasteiger partial charge is 0.394 e. The Bertz CT molecular complexity index is 40.1. The number of hydrogen-bond acceptors (Lipinski definition) is 1. The number of rotatable bonds is 3. The topological polar surface area (TPSA) is 20.2 Å². The summed E-state index contributed by atoms with van der Waals surface area (Å²) in [4.78, 5) is 0. The number of aliphatic hydroxyl groups excluding tert-OH is 1. The van der Waals surface area contributed by atoms with Gasteiger partial charge in [0, 0.05) is 46.9 Å². The Hall–Kier alpha value is 1.31. The first-order valence-corrected chi connectivity index (χ1v) is 4.33. The van der Waals surface area contributed by atoms with Crippen molar-refractivity contribution in [2.75, 3.05) is 0 Å². The van der Waals surface area contributed by atoms with Crippen LogP contribution in [0.1, 0.15) is 53.4 Å². The molecule has 0 aromatic rings. The fraction of sp³-hybridized carbons (Fsp3) is 1.00. The fourth-order valence-corrected chi connectivity index (χ4v) is 0.500. The van der Waals surface area contributed by atoms with Crippen LogP contribution in [0.2, 0.25) is 0 Å². The molecule has 11 heavy (non-hydrogen) atoms. The summed E-state index contributed by atoms with van der Waals surface area (Å²) < 4.78 is 0. The van der Waals surface area contributed by atoms with Crippen LogP contribution in [0.5, 0.6) is 0 Å². The van der Waals surface area contributed by atoms with Crippen molar-refractivity contribution in [3.63, 3.8) is 0 Å². The van der Waals surface area contributed by atoms with Crippen molar-refractivity contribution in [2.45, 2.75) is 59.5 Å². The van der Waals surface area contributed by atoms with E-state index in [0.29, 0.717) is 0 Å². The molecule has 0 rings (SSSR count). The molecule has 0 saturated heterocycles. The quantitative estimate of drug-likeness (QED) is 0.792. The van der Waals surface area contributed by atoms with Gasteiger partial charge in [-0.15, -0.1) is 0 Å². The van der Waals surface area contributed by atoms with Crippen molar-refractivity contribution in [1.82, 2.24) is 0 Å². The summed E-state index contributed by atoms with van der Waals surface area (Å²) in [6.07, 6.45) is 5.37. The number of hydrogen-bond donors (Lipinski definition) is 1. The van der Waals surface area contributed by atoms with E-state index >= 15 is 0 Å². The summed E-state index contributed by atoms with van der Waals surface area (Å²) in [7, 11) is 0. The third-order valence-corrected chi connectivity index (χ3v) is 0.957. The second-order valence-electron chi connectivity index (χ2n) is 2.80. The average Bonchev–Trinajstić information content (AvgIpc) is 1.82. The maximum Gasteiger partial charge on any atom is 0.0483 e. The zero-order chi connectivity index (χ0) is 8.41. The molecule has 0 aliphatic heterocycles. The minimum atomic E-state index is -0.167. The normalized spacial score (nSPS) is 8.18. The van der Waals surface area contributed by atoms with Gasteiger partial charge in [-0.2, -0.15) is 0 Å². The monoisotopic (exact) mass is 288 g/mol. The van der Waals surface area contributed by atoms with Crippen molar-refractivity contribution in [3.8, 4) is 0 Å². The predicted molar refractivity (Wildman–Crippen MR) is 47.2 cm³/mol. The SMILES string of the molecule is CC(C)O.CCCCCC.[Nd]. The smallest absolute Gasteiger partial charge is 0.0483 e. The molecule has 0 spiro atoms. The molecular formula is C9H22NdO. The third-order valence-electron chi connectivity index (χ3n) is 0.957. The Kier molecular flexibility index (Phi) is 28.8. The first-order valence-electron chi connectivity index (χ1n) is 4.33. The first kappa shape index (κ1) is 18.2. The molecule has 0 fully saturated rings. The third kappa shape index (κ3) is 52.8. The molecule has 0 amide bonds. The molecule has 0 aliphatic rings. The van der Waals surface area contributed by atoms with Crippen LogP contribution in [0.25, 0.3) is 0 Å². The van der Waals surface area contributed by atoms with E-state index < -0.39 is 0 Å². The Morgan fingerprint density at radius 2 is 1.18 bits per heavy atom. The summed E-state index contributed by atoms with van der Waals surface area (Å²) in [5.74, 6) is 0. The number of unbranched alkanes of at least 4 members (excludes halogenated alkanes) is 3. The van der Waals surface area contributed by atoms with Crippen LogP contribution in [-0.2, 0) is 0 Å². The zero-order valence-electron chi connectivity index (χ0n) is 8.35. The van der Waals surface area contributed by atoms with Crippen LogP contribution < -0.4 is 0 Å². The Morgan fingerprint density at radius 3 is 1.27 bits per heavy atom. The molecule has 0 unspecified atom stereocenters. The van der Waals surface area contributed by atoms with Gasteiger partial charge in [0.15, 0.2) is 0 Å².